The smallest absolute Gasteiger partial charge is 0.240 e. The molecule has 1 spiro atoms. The van der Waals surface area contributed by atoms with Crippen molar-refractivity contribution in [2.45, 2.75) is 30.8 Å². The third kappa shape index (κ3) is 2.38. The molecule has 0 unspecified atom stereocenters. The number of β-amino-alcohol motifs (C(OH)–C–C–N with tert-alkyl or cyclic N) is 1. The summed E-state index contributed by atoms with van der Waals surface area (Å²) in [6, 6.07) is 13.6. The first-order chi connectivity index (χ1) is 12.0. The maximum Gasteiger partial charge on any atom is 0.240 e. The number of nitrogens with zero attached hydrogens (tertiary/aromatic N) is 1. The molecule has 1 N–H and O–H groups in total. The van der Waals surface area contributed by atoms with E-state index in [4.69, 9.17) is 0 Å². The minimum absolute atomic E-state index is 0.0934. The van der Waals surface area contributed by atoms with Crippen molar-refractivity contribution in [1.82, 2.24) is 4.90 Å². The van der Waals surface area contributed by atoms with Gasteiger partial charge in [-0.05, 0) is 30.0 Å². The largest absolute Gasteiger partial charge is 0.386 e. The molecule has 2 aromatic rings. The number of hydrogen-bond donors (Lipinski definition) is 1. The van der Waals surface area contributed by atoms with Crippen LogP contribution in [-0.4, -0.2) is 28.4 Å². The quantitative estimate of drug-likeness (QED) is 0.874. The molecule has 1 saturated heterocycles. The first-order valence-electron chi connectivity index (χ1n) is 8.38. The highest BCUT2D eigenvalue weighted by molar-refractivity contribution is 6.09. The first-order valence-corrected chi connectivity index (χ1v) is 8.38. The van der Waals surface area contributed by atoms with Crippen LogP contribution in [-0.2, 0) is 21.4 Å². The van der Waals surface area contributed by atoms with Crippen molar-refractivity contribution in [2.75, 3.05) is 6.54 Å². The summed E-state index contributed by atoms with van der Waals surface area (Å²) >= 11 is 0. The summed E-state index contributed by atoms with van der Waals surface area (Å²) in [5, 5.41) is 10.3. The number of likely N-dealkylation sites (tertiary alicyclic amines) is 1. The average molecular weight is 339 g/mol. The van der Waals surface area contributed by atoms with E-state index in [-0.39, 0.29) is 30.3 Å². The monoisotopic (exact) mass is 339 g/mol. The second-order valence-electron chi connectivity index (χ2n) is 6.76. The van der Waals surface area contributed by atoms with E-state index < -0.39 is 17.3 Å². The van der Waals surface area contributed by atoms with Gasteiger partial charge < -0.3 is 5.11 Å². The Morgan fingerprint density at radius 3 is 2.64 bits per heavy atom. The number of hydrogen-bond acceptors (Lipinski definition) is 3. The van der Waals surface area contributed by atoms with Gasteiger partial charge in [0.1, 0.15) is 5.82 Å². The van der Waals surface area contributed by atoms with E-state index in [0.717, 1.165) is 22.4 Å². The van der Waals surface area contributed by atoms with Gasteiger partial charge in [0, 0.05) is 12.0 Å². The number of amides is 2. The molecule has 2 amide bonds. The molecule has 0 bridgehead atoms. The molecule has 4 nitrogen and oxygen atoms in total. The fraction of sp³-hybridized carbons (Fsp3) is 0.300. The Balaban J connectivity index is 1.62. The van der Waals surface area contributed by atoms with Crippen molar-refractivity contribution in [3.05, 3.63) is 71.0 Å². The van der Waals surface area contributed by atoms with Crippen molar-refractivity contribution in [2.24, 2.45) is 0 Å². The number of aliphatic hydroxyl groups is 1. The molecular weight excluding hydrogens is 321 g/mol. The summed E-state index contributed by atoms with van der Waals surface area (Å²) in [7, 11) is 0. The maximum atomic E-state index is 13.9. The molecule has 2 aliphatic rings. The average Bonchev–Trinajstić information content (AvgIpc) is 3.09. The van der Waals surface area contributed by atoms with E-state index >= 15 is 0 Å². The summed E-state index contributed by atoms with van der Waals surface area (Å²) in [6.07, 6.45) is 0.246. The number of halogens is 1. The summed E-state index contributed by atoms with van der Waals surface area (Å²) in [5.41, 5.74) is 1.29. The van der Waals surface area contributed by atoms with Crippen LogP contribution in [0, 0.1) is 5.82 Å². The highest BCUT2D eigenvalue weighted by atomic mass is 19.1. The third-order valence-electron chi connectivity index (χ3n) is 5.38. The molecule has 128 valence electrons. The lowest BCUT2D eigenvalue weighted by Crippen LogP contribution is -2.39. The Morgan fingerprint density at radius 2 is 1.84 bits per heavy atom. The van der Waals surface area contributed by atoms with Crippen LogP contribution in [0.15, 0.2) is 48.5 Å². The lowest BCUT2D eigenvalue weighted by molar-refractivity contribution is -0.141. The van der Waals surface area contributed by atoms with Crippen LogP contribution in [0.3, 0.4) is 0 Å². The molecule has 4 rings (SSSR count). The number of aliphatic hydroxyl groups excluding tert-OH is 1. The highest BCUT2D eigenvalue weighted by Gasteiger charge is 2.55. The fourth-order valence-electron chi connectivity index (χ4n) is 4.10. The van der Waals surface area contributed by atoms with Gasteiger partial charge in [-0.25, -0.2) is 4.39 Å². The Kier molecular flexibility index (Phi) is 3.69. The van der Waals surface area contributed by atoms with Crippen molar-refractivity contribution < 1.29 is 19.1 Å². The number of imide groups is 1. The maximum absolute atomic E-state index is 13.9. The zero-order valence-electron chi connectivity index (χ0n) is 13.6. The summed E-state index contributed by atoms with van der Waals surface area (Å²) in [4.78, 5) is 26.7. The van der Waals surface area contributed by atoms with Gasteiger partial charge in [-0.1, -0.05) is 42.5 Å². The number of benzene rings is 2. The second-order valence-corrected chi connectivity index (χ2v) is 6.76. The van der Waals surface area contributed by atoms with E-state index in [1.54, 1.807) is 6.07 Å². The zero-order chi connectivity index (χ0) is 17.6. The van der Waals surface area contributed by atoms with Crippen LogP contribution in [0.25, 0.3) is 0 Å². The van der Waals surface area contributed by atoms with Crippen molar-refractivity contribution in [3.63, 3.8) is 0 Å². The van der Waals surface area contributed by atoms with Gasteiger partial charge in [-0.15, -0.1) is 0 Å². The van der Waals surface area contributed by atoms with Gasteiger partial charge in [-0.2, -0.15) is 0 Å². The minimum atomic E-state index is -1.24. The van der Waals surface area contributed by atoms with E-state index in [1.807, 2.05) is 24.3 Å². The Hall–Kier alpha value is -2.53. The van der Waals surface area contributed by atoms with Gasteiger partial charge in [0.05, 0.1) is 18.1 Å². The number of aryl methyl sites for hydroxylation is 1. The predicted octanol–water partition coefficient (Wildman–Crippen LogP) is 2.50. The molecule has 1 fully saturated rings. The van der Waals surface area contributed by atoms with Crippen LogP contribution in [0.4, 0.5) is 4.39 Å². The zero-order valence-corrected chi connectivity index (χ0v) is 13.6. The SMILES string of the molecule is O=C1C[C@@]2(CCc3ccccc32)C(=O)N1C[C@@H](O)c1ccccc1F. The molecule has 0 aromatic heterocycles. The lowest BCUT2D eigenvalue weighted by Gasteiger charge is -2.24. The van der Waals surface area contributed by atoms with Crippen LogP contribution < -0.4 is 0 Å². The summed E-state index contributed by atoms with van der Waals surface area (Å²) < 4.78 is 13.9. The van der Waals surface area contributed by atoms with E-state index in [1.165, 1.54) is 18.2 Å². The van der Waals surface area contributed by atoms with Gasteiger partial charge in [-0.3, -0.25) is 14.5 Å². The van der Waals surface area contributed by atoms with Crippen LogP contribution in [0.5, 0.6) is 0 Å². The van der Waals surface area contributed by atoms with Gasteiger partial charge in [0.15, 0.2) is 0 Å². The third-order valence-corrected chi connectivity index (χ3v) is 5.38. The van der Waals surface area contributed by atoms with Crippen molar-refractivity contribution in [3.8, 4) is 0 Å². The Bertz CT molecular complexity index is 866. The van der Waals surface area contributed by atoms with Crippen LogP contribution in [0.2, 0.25) is 0 Å². The first kappa shape index (κ1) is 16.0. The molecule has 5 heteroatoms. The Labute approximate surface area is 144 Å². The topological polar surface area (TPSA) is 57.6 Å². The normalized spacial score (nSPS) is 23.4. The molecule has 1 heterocycles. The van der Waals surface area contributed by atoms with E-state index in [9.17, 15) is 19.1 Å². The number of carbonyl (C=O) groups excluding carboxylic acids is 2. The highest BCUT2D eigenvalue weighted by Crippen LogP contribution is 2.47. The molecule has 0 saturated carbocycles. The molecule has 2 aromatic carbocycles. The van der Waals surface area contributed by atoms with Gasteiger partial charge in [0.25, 0.3) is 0 Å². The Morgan fingerprint density at radius 1 is 1.12 bits per heavy atom. The molecule has 2 atom stereocenters. The molecule has 1 aliphatic heterocycles. The van der Waals surface area contributed by atoms with Gasteiger partial charge in [0.2, 0.25) is 11.8 Å². The summed E-state index contributed by atoms with van der Waals surface area (Å²) in [5.74, 6) is -1.13. The molecule has 0 radical (unpaired) electrons. The van der Waals surface area contributed by atoms with E-state index in [2.05, 4.69) is 0 Å². The molecule has 1 aliphatic carbocycles. The standard InChI is InChI=1S/C20H18FNO3/c21-16-8-4-2-6-14(16)17(23)12-22-18(24)11-20(19(22)25)10-9-13-5-1-3-7-15(13)20/h1-8,17,23H,9-12H2/t17-,20-/m1/s1. The fourth-order valence-corrected chi connectivity index (χ4v) is 4.10. The summed E-state index contributed by atoms with van der Waals surface area (Å²) in [6.45, 7) is -0.220. The predicted molar refractivity (Wildman–Crippen MR) is 89.1 cm³/mol. The van der Waals surface area contributed by atoms with E-state index in [0.29, 0.717) is 6.42 Å². The van der Waals surface area contributed by atoms with Crippen LogP contribution >= 0.6 is 0 Å². The van der Waals surface area contributed by atoms with Crippen LogP contribution in [0.1, 0.15) is 35.6 Å². The number of carbonyl (C=O) groups is 2. The van der Waals surface area contributed by atoms with Crippen molar-refractivity contribution >= 4 is 11.8 Å². The number of fused-ring (bicyclic) bond motifs is 2. The molecule has 25 heavy (non-hydrogen) atoms. The second kappa shape index (κ2) is 5.77. The van der Waals surface area contributed by atoms with Gasteiger partial charge >= 0.3 is 0 Å². The minimum Gasteiger partial charge on any atom is -0.386 e. The molecular formula is C20H18FNO3. The number of rotatable bonds is 3. The lowest BCUT2D eigenvalue weighted by atomic mass is 9.80. The van der Waals surface area contributed by atoms with Crippen molar-refractivity contribution in [1.29, 1.82) is 0 Å².